The molecule has 1 aromatic carbocycles. The fourth-order valence-corrected chi connectivity index (χ4v) is 4.94. The van der Waals surface area contributed by atoms with E-state index in [2.05, 4.69) is 15.6 Å². The average molecular weight is 479 g/mol. The molecule has 35 heavy (non-hydrogen) atoms. The van der Waals surface area contributed by atoms with Crippen LogP contribution in [0.25, 0.3) is 11.0 Å². The van der Waals surface area contributed by atoms with Gasteiger partial charge in [-0.1, -0.05) is 0 Å². The second-order valence-electron chi connectivity index (χ2n) is 8.82. The summed E-state index contributed by atoms with van der Waals surface area (Å²) in [7, 11) is 0. The zero-order valence-electron chi connectivity index (χ0n) is 18.6. The number of fused-ring (bicyclic) bond motifs is 1. The Balaban J connectivity index is 1.06. The summed E-state index contributed by atoms with van der Waals surface area (Å²) in [4.78, 5) is 41.9. The number of pyridine rings is 2. The first-order valence-electron chi connectivity index (χ1n) is 11.4. The third-order valence-corrected chi connectivity index (χ3v) is 6.58. The Morgan fingerprint density at radius 2 is 2.06 bits per heavy atom. The summed E-state index contributed by atoms with van der Waals surface area (Å²) in [6.45, 7) is 1.26. The SMILES string of the molecule is O=C1COc2ccc(N3C[C@H](CCCNC4Cn5c(=O)ccc6ncc(F)c4c65)OC3=O)cc2N1. The largest absolute Gasteiger partial charge is 0.482 e. The number of hydrogen-bond donors (Lipinski definition) is 2. The lowest BCUT2D eigenvalue weighted by Gasteiger charge is -2.20. The van der Waals surface area contributed by atoms with Crippen LogP contribution in [-0.4, -0.2) is 47.4 Å². The molecule has 1 saturated heterocycles. The second kappa shape index (κ2) is 8.35. The number of amides is 2. The first-order valence-corrected chi connectivity index (χ1v) is 11.4. The van der Waals surface area contributed by atoms with E-state index in [0.717, 1.165) is 0 Å². The summed E-state index contributed by atoms with van der Waals surface area (Å²) in [6, 6.07) is 7.90. The molecule has 2 atom stereocenters. The highest BCUT2D eigenvalue weighted by Crippen LogP contribution is 2.34. The Labute approximate surface area is 198 Å². The zero-order chi connectivity index (χ0) is 24.1. The number of cyclic esters (lactones) is 1. The van der Waals surface area contributed by atoms with Crippen molar-refractivity contribution in [1.29, 1.82) is 0 Å². The maximum Gasteiger partial charge on any atom is 0.414 e. The number of nitrogens with zero attached hydrogens (tertiary/aromatic N) is 3. The average Bonchev–Trinajstić information content (AvgIpc) is 3.42. The fourth-order valence-electron chi connectivity index (χ4n) is 4.94. The summed E-state index contributed by atoms with van der Waals surface area (Å²) >= 11 is 0. The highest BCUT2D eigenvalue weighted by molar-refractivity contribution is 5.97. The summed E-state index contributed by atoms with van der Waals surface area (Å²) in [5.41, 5.74) is 2.56. The van der Waals surface area contributed by atoms with Gasteiger partial charge >= 0.3 is 6.09 Å². The normalized spacial score (nSPS) is 20.5. The van der Waals surface area contributed by atoms with E-state index in [-0.39, 0.29) is 30.2 Å². The monoisotopic (exact) mass is 479 g/mol. The number of carbonyl (C=O) groups excluding carboxylic acids is 2. The minimum absolute atomic E-state index is 0.0312. The molecule has 2 amide bonds. The van der Waals surface area contributed by atoms with Gasteiger partial charge in [0.25, 0.3) is 11.5 Å². The van der Waals surface area contributed by atoms with Crippen LogP contribution in [0.2, 0.25) is 0 Å². The van der Waals surface area contributed by atoms with E-state index in [1.54, 1.807) is 28.8 Å². The molecule has 2 N–H and O–H groups in total. The minimum atomic E-state index is -0.446. The van der Waals surface area contributed by atoms with Gasteiger partial charge in [0.15, 0.2) is 6.61 Å². The number of benzene rings is 1. The maximum absolute atomic E-state index is 14.6. The first kappa shape index (κ1) is 21.5. The summed E-state index contributed by atoms with van der Waals surface area (Å²) in [6.07, 6.45) is 1.76. The van der Waals surface area contributed by atoms with Gasteiger partial charge in [0.1, 0.15) is 17.7 Å². The van der Waals surface area contributed by atoms with Gasteiger partial charge < -0.3 is 24.7 Å². The lowest BCUT2D eigenvalue weighted by Crippen LogP contribution is -2.28. The smallest absolute Gasteiger partial charge is 0.414 e. The standard InChI is InChI=1S/C24H22FN5O5/c25-15-9-27-16-4-6-21(32)30-11-18(22(15)23(16)30)26-7-1-2-14-10-29(24(33)35-14)13-3-5-19-17(8-13)28-20(31)12-34-19/h3-6,8-9,14,18,26H,1-2,7,10-12H2,(H,28,31)/t14-,18?/m0/s1. The van der Waals surface area contributed by atoms with Crippen molar-refractivity contribution >= 4 is 34.4 Å². The molecule has 3 aromatic rings. The van der Waals surface area contributed by atoms with E-state index >= 15 is 0 Å². The quantitative estimate of drug-likeness (QED) is 0.522. The Morgan fingerprint density at radius 3 is 2.94 bits per heavy atom. The Kier molecular flexibility index (Phi) is 5.14. The maximum atomic E-state index is 14.6. The molecular weight excluding hydrogens is 457 g/mol. The summed E-state index contributed by atoms with van der Waals surface area (Å²) in [5.74, 6) is -0.117. The van der Waals surface area contributed by atoms with E-state index in [1.807, 2.05) is 0 Å². The van der Waals surface area contributed by atoms with Crippen molar-refractivity contribution in [2.24, 2.45) is 0 Å². The molecule has 0 saturated carbocycles. The van der Waals surface area contributed by atoms with Gasteiger partial charge in [-0.3, -0.25) is 19.5 Å². The molecule has 1 unspecified atom stereocenters. The van der Waals surface area contributed by atoms with Crippen molar-refractivity contribution in [3.63, 3.8) is 0 Å². The third-order valence-electron chi connectivity index (χ3n) is 6.58. The van der Waals surface area contributed by atoms with Gasteiger partial charge in [-0.2, -0.15) is 0 Å². The van der Waals surface area contributed by atoms with Crippen molar-refractivity contribution in [2.75, 3.05) is 29.9 Å². The molecule has 6 rings (SSSR count). The zero-order valence-corrected chi connectivity index (χ0v) is 18.6. The van der Waals surface area contributed by atoms with Gasteiger partial charge in [-0.15, -0.1) is 0 Å². The van der Waals surface area contributed by atoms with E-state index < -0.39 is 11.9 Å². The van der Waals surface area contributed by atoms with Crippen LogP contribution in [0.4, 0.5) is 20.6 Å². The van der Waals surface area contributed by atoms with Gasteiger partial charge in [0, 0.05) is 23.9 Å². The molecule has 0 spiro atoms. The molecule has 3 aliphatic heterocycles. The topological polar surface area (TPSA) is 115 Å². The molecule has 180 valence electrons. The highest BCUT2D eigenvalue weighted by atomic mass is 19.1. The van der Waals surface area contributed by atoms with Crippen LogP contribution in [0, 0.1) is 5.82 Å². The van der Waals surface area contributed by atoms with E-state index in [0.29, 0.717) is 66.2 Å². The molecule has 2 aromatic heterocycles. The summed E-state index contributed by atoms with van der Waals surface area (Å²) in [5, 5.41) is 6.07. The third kappa shape index (κ3) is 3.77. The lowest BCUT2D eigenvalue weighted by atomic mass is 10.1. The number of aromatic nitrogens is 2. The van der Waals surface area contributed by atoms with Crippen molar-refractivity contribution in [3.05, 3.63) is 58.3 Å². The second-order valence-corrected chi connectivity index (χ2v) is 8.82. The van der Waals surface area contributed by atoms with E-state index in [1.165, 1.54) is 17.2 Å². The Bertz CT molecular complexity index is 1420. The molecule has 0 aliphatic carbocycles. The van der Waals surface area contributed by atoms with Crippen molar-refractivity contribution in [2.45, 2.75) is 31.5 Å². The molecule has 0 radical (unpaired) electrons. The van der Waals surface area contributed by atoms with Crippen LogP contribution < -0.4 is 25.8 Å². The fraction of sp³-hybridized carbons (Fsp3) is 0.333. The van der Waals surface area contributed by atoms with Crippen LogP contribution in [-0.2, 0) is 16.1 Å². The van der Waals surface area contributed by atoms with Gasteiger partial charge in [0.05, 0.1) is 35.5 Å². The van der Waals surface area contributed by atoms with Crippen LogP contribution in [0.3, 0.4) is 0 Å². The number of ether oxygens (including phenoxy) is 2. The number of nitrogens with one attached hydrogen (secondary N) is 2. The molecule has 5 heterocycles. The van der Waals surface area contributed by atoms with E-state index in [9.17, 15) is 18.8 Å². The molecule has 1 fully saturated rings. The minimum Gasteiger partial charge on any atom is -0.482 e. The van der Waals surface area contributed by atoms with Crippen LogP contribution >= 0.6 is 0 Å². The molecule has 10 nitrogen and oxygen atoms in total. The highest BCUT2D eigenvalue weighted by Gasteiger charge is 2.33. The number of hydrogen-bond acceptors (Lipinski definition) is 7. The lowest BCUT2D eigenvalue weighted by molar-refractivity contribution is -0.118. The first-order chi connectivity index (χ1) is 17.0. The predicted molar refractivity (Wildman–Crippen MR) is 124 cm³/mol. The summed E-state index contributed by atoms with van der Waals surface area (Å²) < 4.78 is 27.0. The number of carbonyl (C=O) groups is 2. The molecular formula is C24H22FN5O5. The Morgan fingerprint density at radius 1 is 1.17 bits per heavy atom. The van der Waals surface area contributed by atoms with Crippen molar-refractivity contribution in [3.8, 4) is 5.75 Å². The predicted octanol–water partition coefficient (Wildman–Crippen LogP) is 2.32. The molecule has 0 bridgehead atoms. The molecule has 11 heteroatoms. The van der Waals surface area contributed by atoms with Crippen molar-refractivity contribution < 1.29 is 23.5 Å². The Hall–Kier alpha value is -3.99. The van der Waals surface area contributed by atoms with Gasteiger partial charge in [0.2, 0.25) is 0 Å². The van der Waals surface area contributed by atoms with E-state index in [4.69, 9.17) is 9.47 Å². The van der Waals surface area contributed by atoms with Crippen molar-refractivity contribution in [1.82, 2.24) is 14.9 Å². The number of anilines is 2. The molecule has 3 aliphatic rings. The number of halogens is 1. The van der Waals surface area contributed by atoms with Crippen LogP contribution in [0.5, 0.6) is 5.75 Å². The number of rotatable bonds is 6. The van der Waals surface area contributed by atoms with Gasteiger partial charge in [-0.05, 0) is 43.7 Å². The van der Waals surface area contributed by atoms with Gasteiger partial charge in [-0.25, -0.2) is 9.18 Å². The van der Waals surface area contributed by atoms with Crippen LogP contribution in [0.1, 0.15) is 24.4 Å². The van der Waals surface area contributed by atoms with Crippen LogP contribution in [0.15, 0.2) is 41.3 Å².